The van der Waals surface area contributed by atoms with Gasteiger partial charge in [0.2, 0.25) is 10.0 Å². The summed E-state index contributed by atoms with van der Waals surface area (Å²) >= 11 is 0. The fraction of sp³-hybridized carbons (Fsp3) is 0.235. The molecule has 118 valence electrons. The highest BCUT2D eigenvalue weighted by molar-refractivity contribution is 7.89. The minimum Gasteiger partial charge on any atom is -0.342 e. The predicted molar refractivity (Wildman–Crippen MR) is 88.8 cm³/mol. The Hall–Kier alpha value is -2.18. The van der Waals surface area contributed by atoms with Crippen molar-refractivity contribution in [3.8, 4) is 0 Å². The van der Waals surface area contributed by atoms with Crippen molar-refractivity contribution < 1.29 is 8.42 Å². The molecule has 5 nitrogen and oxygen atoms in total. The van der Waals surface area contributed by atoms with Crippen LogP contribution in [0.5, 0.6) is 0 Å². The molecule has 1 N–H and O–H groups in total. The first-order valence-corrected chi connectivity index (χ1v) is 8.99. The van der Waals surface area contributed by atoms with E-state index in [0.717, 1.165) is 22.4 Å². The maximum atomic E-state index is 12.6. The minimum absolute atomic E-state index is 0.127. The Bertz CT molecular complexity index is 922. The Morgan fingerprint density at radius 2 is 1.78 bits per heavy atom. The molecule has 1 saturated heterocycles. The van der Waals surface area contributed by atoms with E-state index >= 15 is 0 Å². The van der Waals surface area contributed by atoms with Gasteiger partial charge in [-0.2, -0.15) is 4.31 Å². The van der Waals surface area contributed by atoms with Gasteiger partial charge in [-0.05, 0) is 31.2 Å². The van der Waals surface area contributed by atoms with Crippen LogP contribution in [0.4, 0.5) is 0 Å². The lowest BCUT2D eigenvalue weighted by atomic mass is 10.0. The van der Waals surface area contributed by atoms with Gasteiger partial charge >= 0.3 is 0 Å². The van der Waals surface area contributed by atoms with Crippen LogP contribution in [0.3, 0.4) is 0 Å². The van der Waals surface area contributed by atoms with Gasteiger partial charge in [0.25, 0.3) is 0 Å². The zero-order chi connectivity index (χ0) is 16.0. The molecule has 0 bridgehead atoms. The highest BCUT2D eigenvalue weighted by Gasteiger charge is 2.38. The van der Waals surface area contributed by atoms with E-state index in [4.69, 9.17) is 0 Å². The third kappa shape index (κ3) is 2.44. The van der Waals surface area contributed by atoms with Gasteiger partial charge in [0.15, 0.2) is 0 Å². The van der Waals surface area contributed by atoms with E-state index in [0.29, 0.717) is 18.0 Å². The van der Waals surface area contributed by atoms with Crippen LogP contribution in [-0.2, 0) is 10.0 Å². The molecular weight excluding hydrogens is 310 g/mol. The van der Waals surface area contributed by atoms with E-state index in [1.165, 1.54) is 4.31 Å². The van der Waals surface area contributed by atoms with Crippen molar-refractivity contribution in [3.63, 3.8) is 0 Å². The van der Waals surface area contributed by atoms with E-state index in [9.17, 15) is 8.42 Å². The first kappa shape index (κ1) is 14.4. The van der Waals surface area contributed by atoms with Gasteiger partial charge in [-0.3, -0.25) is 0 Å². The van der Waals surface area contributed by atoms with Gasteiger partial charge in [-0.25, -0.2) is 13.4 Å². The number of H-pyrrole nitrogens is 1. The van der Waals surface area contributed by atoms with Gasteiger partial charge in [-0.1, -0.05) is 29.8 Å². The Kier molecular flexibility index (Phi) is 3.25. The fourth-order valence-electron chi connectivity index (χ4n) is 2.83. The van der Waals surface area contributed by atoms with Crippen LogP contribution < -0.4 is 0 Å². The number of nitrogens with one attached hydrogen (secondary N) is 1. The lowest BCUT2D eigenvalue weighted by Crippen LogP contribution is -2.48. The molecule has 3 aromatic rings. The smallest absolute Gasteiger partial charge is 0.243 e. The second kappa shape index (κ2) is 5.18. The Morgan fingerprint density at radius 3 is 2.48 bits per heavy atom. The number of rotatable bonds is 3. The molecule has 1 fully saturated rings. The molecule has 2 aromatic carbocycles. The van der Waals surface area contributed by atoms with Crippen molar-refractivity contribution in [1.82, 2.24) is 14.3 Å². The number of fused-ring (bicyclic) bond motifs is 1. The number of nitrogens with zero attached hydrogens (tertiary/aromatic N) is 2. The van der Waals surface area contributed by atoms with Crippen molar-refractivity contribution in [2.45, 2.75) is 17.7 Å². The second-order valence-corrected chi connectivity index (χ2v) is 7.91. The van der Waals surface area contributed by atoms with Crippen molar-refractivity contribution in [2.24, 2.45) is 0 Å². The number of para-hydroxylation sites is 2. The molecule has 0 saturated carbocycles. The first-order chi connectivity index (χ1) is 11.0. The number of hydrogen-bond donors (Lipinski definition) is 1. The van der Waals surface area contributed by atoms with Crippen LogP contribution in [0, 0.1) is 6.92 Å². The summed E-state index contributed by atoms with van der Waals surface area (Å²) < 4.78 is 26.6. The first-order valence-electron chi connectivity index (χ1n) is 7.55. The highest BCUT2D eigenvalue weighted by atomic mass is 32.2. The summed E-state index contributed by atoms with van der Waals surface area (Å²) in [6, 6.07) is 14.8. The summed E-state index contributed by atoms with van der Waals surface area (Å²) in [4.78, 5) is 8.20. The molecule has 2 heterocycles. The minimum atomic E-state index is -3.40. The fourth-order valence-corrected chi connectivity index (χ4v) is 4.36. The predicted octanol–water partition coefficient (Wildman–Crippen LogP) is 2.66. The summed E-state index contributed by atoms with van der Waals surface area (Å²) in [6.45, 7) is 2.88. The van der Waals surface area contributed by atoms with Gasteiger partial charge < -0.3 is 4.98 Å². The van der Waals surface area contributed by atoms with E-state index in [1.807, 2.05) is 43.3 Å². The Balaban J connectivity index is 1.53. The van der Waals surface area contributed by atoms with Crippen molar-refractivity contribution in [2.75, 3.05) is 13.1 Å². The number of sulfonamides is 1. The van der Waals surface area contributed by atoms with Crippen LogP contribution in [0.2, 0.25) is 0 Å². The topological polar surface area (TPSA) is 66.1 Å². The lowest BCUT2D eigenvalue weighted by molar-refractivity contribution is 0.257. The summed E-state index contributed by atoms with van der Waals surface area (Å²) in [5.41, 5.74) is 2.96. The lowest BCUT2D eigenvalue weighted by Gasteiger charge is -2.36. The van der Waals surface area contributed by atoms with Gasteiger partial charge in [0.05, 0.1) is 15.9 Å². The molecule has 1 aromatic heterocycles. The molecule has 0 aliphatic carbocycles. The van der Waals surface area contributed by atoms with Crippen LogP contribution in [0.25, 0.3) is 11.0 Å². The Labute approximate surface area is 135 Å². The molecule has 0 atom stereocenters. The summed E-state index contributed by atoms with van der Waals surface area (Å²) in [6.07, 6.45) is 0. The largest absolute Gasteiger partial charge is 0.342 e. The van der Waals surface area contributed by atoms with Crippen LogP contribution in [-0.4, -0.2) is 35.8 Å². The van der Waals surface area contributed by atoms with Crippen molar-refractivity contribution in [1.29, 1.82) is 0 Å². The van der Waals surface area contributed by atoms with Gasteiger partial charge in [-0.15, -0.1) is 0 Å². The van der Waals surface area contributed by atoms with Crippen LogP contribution >= 0.6 is 0 Å². The molecule has 0 amide bonds. The van der Waals surface area contributed by atoms with Crippen molar-refractivity contribution >= 4 is 21.1 Å². The molecule has 0 spiro atoms. The van der Waals surface area contributed by atoms with Gasteiger partial charge in [0, 0.05) is 19.0 Å². The molecule has 1 aliphatic rings. The molecule has 0 radical (unpaired) electrons. The van der Waals surface area contributed by atoms with E-state index < -0.39 is 10.0 Å². The number of imidazole rings is 1. The Morgan fingerprint density at radius 1 is 1.09 bits per heavy atom. The summed E-state index contributed by atoms with van der Waals surface area (Å²) in [5, 5.41) is 0. The molecule has 4 rings (SSSR count). The van der Waals surface area contributed by atoms with Gasteiger partial charge in [0.1, 0.15) is 5.82 Å². The maximum Gasteiger partial charge on any atom is 0.243 e. The highest BCUT2D eigenvalue weighted by Crippen LogP contribution is 2.31. The number of aromatic amines is 1. The molecule has 23 heavy (non-hydrogen) atoms. The quantitative estimate of drug-likeness (QED) is 0.804. The average molecular weight is 327 g/mol. The average Bonchev–Trinajstić information content (AvgIpc) is 2.89. The monoisotopic (exact) mass is 327 g/mol. The van der Waals surface area contributed by atoms with E-state index in [1.54, 1.807) is 12.1 Å². The van der Waals surface area contributed by atoms with E-state index in [2.05, 4.69) is 9.97 Å². The van der Waals surface area contributed by atoms with E-state index in [-0.39, 0.29) is 5.92 Å². The zero-order valence-corrected chi connectivity index (χ0v) is 13.5. The molecule has 0 unspecified atom stereocenters. The van der Waals surface area contributed by atoms with Crippen LogP contribution in [0.15, 0.2) is 53.4 Å². The molecular formula is C17H17N3O2S. The summed E-state index contributed by atoms with van der Waals surface area (Å²) in [5.74, 6) is 0.990. The standard InChI is InChI=1S/C17H17N3O2S/c1-12-6-8-14(9-7-12)23(21,22)20-10-13(11-20)17-18-15-4-2-3-5-16(15)19-17/h2-9,13H,10-11H2,1H3,(H,18,19). The number of aryl methyl sites for hydroxylation is 1. The van der Waals surface area contributed by atoms with Crippen LogP contribution in [0.1, 0.15) is 17.3 Å². The summed E-state index contributed by atoms with van der Waals surface area (Å²) in [7, 11) is -3.40. The third-order valence-corrected chi connectivity index (χ3v) is 6.15. The molecule has 1 aliphatic heterocycles. The zero-order valence-electron chi connectivity index (χ0n) is 12.7. The third-order valence-electron chi connectivity index (χ3n) is 4.30. The number of hydrogen-bond acceptors (Lipinski definition) is 3. The number of benzene rings is 2. The van der Waals surface area contributed by atoms with Crippen molar-refractivity contribution in [3.05, 3.63) is 59.9 Å². The second-order valence-electron chi connectivity index (χ2n) is 5.97. The normalized spacial score (nSPS) is 16.6. The molecule has 6 heteroatoms. The number of aromatic nitrogens is 2. The SMILES string of the molecule is Cc1ccc(S(=O)(=O)N2CC(c3nc4ccccc4[nH]3)C2)cc1. The maximum absolute atomic E-state index is 12.6.